The van der Waals surface area contributed by atoms with Gasteiger partial charge in [0.15, 0.2) is 0 Å². The second kappa shape index (κ2) is 14.1. The highest BCUT2D eigenvalue weighted by Gasteiger charge is 2.51. The Balaban J connectivity index is 1.48. The summed E-state index contributed by atoms with van der Waals surface area (Å²) in [6, 6.07) is 14.2. The lowest BCUT2D eigenvalue weighted by atomic mass is 9.78. The predicted octanol–water partition coefficient (Wildman–Crippen LogP) is 6.19. The lowest BCUT2D eigenvalue weighted by Gasteiger charge is -2.37. The first kappa shape index (κ1) is 33.9. The van der Waals surface area contributed by atoms with Gasteiger partial charge in [-0.05, 0) is 77.3 Å². The third-order valence-electron chi connectivity index (χ3n) is 9.25. The van der Waals surface area contributed by atoms with Gasteiger partial charge in [-0.3, -0.25) is 9.59 Å². The average Bonchev–Trinajstić information content (AvgIpc) is 3.62. The number of fused-ring (bicyclic) bond motifs is 1. The standard InChI is InChI=1S/C36H44FN3O7/c1-5-45-34(43)31-29(24-13-9-10-14-28(24)46-31)27-19-25(21-11-7-6-8-12-21)30(32(38)41)40(27)33(42)23-17-15-22(16-18-23)26(20-37)39-35(44)47-36(2,3)4/h6-14,22-23,25-27,30H,5,15-20H2,1-4H3,(H2,38,41)(H,39,44)/t22?,23?,25-,26+,27?,30-/m0/s1. The Morgan fingerprint density at radius 2 is 1.68 bits per heavy atom. The van der Waals surface area contributed by atoms with Crippen LogP contribution in [0.5, 0.6) is 0 Å². The molecular weight excluding hydrogens is 605 g/mol. The molecule has 2 heterocycles. The van der Waals surface area contributed by atoms with Crippen LogP contribution in [-0.2, 0) is 19.1 Å². The van der Waals surface area contributed by atoms with Crippen LogP contribution in [0.3, 0.4) is 0 Å². The lowest BCUT2D eigenvalue weighted by molar-refractivity contribution is -0.144. The normalized spacial score (nSPS) is 23.7. The quantitative estimate of drug-likeness (QED) is 0.263. The number of esters is 1. The van der Waals surface area contributed by atoms with Crippen LogP contribution in [0.2, 0.25) is 0 Å². The van der Waals surface area contributed by atoms with Crippen LogP contribution in [-0.4, -0.2) is 59.7 Å². The van der Waals surface area contributed by atoms with E-state index in [4.69, 9.17) is 19.6 Å². The van der Waals surface area contributed by atoms with Crippen molar-refractivity contribution in [2.75, 3.05) is 13.3 Å². The molecule has 0 spiro atoms. The van der Waals surface area contributed by atoms with Crippen LogP contribution in [0.15, 0.2) is 59.0 Å². The third-order valence-corrected chi connectivity index (χ3v) is 9.25. The molecule has 10 nitrogen and oxygen atoms in total. The van der Waals surface area contributed by atoms with E-state index in [2.05, 4.69) is 5.32 Å². The van der Waals surface area contributed by atoms with Crippen molar-refractivity contribution in [3.63, 3.8) is 0 Å². The first-order valence-electron chi connectivity index (χ1n) is 16.3. The van der Waals surface area contributed by atoms with E-state index in [1.165, 1.54) is 0 Å². The van der Waals surface area contributed by atoms with Gasteiger partial charge in [0.1, 0.15) is 23.9 Å². The van der Waals surface area contributed by atoms with E-state index < -0.39 is 60.2 Å². The number of rotatable bonds is 9. The molecule has 1 saturated heterocycles. The number of amides is 3. The monoisotopic (exact) mass is 649 g/mol. The highest BCUT2D eigenvalue weighted by Crippen LogP contribution is 2.50. The summed E-state index contributed by atoms with van der Waals surface area (Å²) in [7, 11) is 0. The number of hydrogen-bond donors (Lipinski definition) is 2. The van der Waals surface area contributed by atoms with Crippen molar-refractivity contribution in [3.8, 4) is 0 Å². The van der Waals surface area contributed by atoms with Gasteiger partial charge in [0, 0.05) is 22.8 Å². The zero-order valence-corrected chi connectivity index (χ0v) is 27.4. The van der Waals surface area contributed by atoms with Gasteiger partial charge in [-0.1, -0.05) is 48.5 Å². The van der Waals surface area contributed by atoms with Crippen molar-refractivity contribution in [2.24, 2.45) is 17.6 Å². The van der Waals surface area contributed by atoms with Gasteiger partial charge in [-0.15, -0.1) is 0 Å². The number of alkyl carbamates (subject to hydrolysis) is 1. The van der Waals surface area contributed by atoms with Crippen molar-refractivity contribution in [3.05, 3.63) is 71.5 Å². The predicted molar refractivity (Wildman–Crippen MR) is 173 cm³/mol. The summed E-state index contributed by atoms with van der Waals surface area (Å²) in [5, 5.41) is 3.31. The molecule has 3 amide bonds. The average molecular weight is 650 g/mol. The molecule has 0 bridgehead atoms. The van der Waals surface area contributed by atoms with E-state index >= 15 is 0 Å². The summed E-state index contributed by atoms with van der Waals surface area (Å²) in [6.07, 6.45) is 1.49. The molecule has 4 atom stereocenters. The number of primary amides is 1. The highest BCUT2D eigenvalue weighted by atomic mass is 19.1. The number of hydrogen-bond acceptors (Lipinski definition) is 7. The van der Waals surface area contributed by atoms with Gasteiger partial charge >= 0.3 is 12.1 Å². The van der Waals surface area contributed by atoms with E-state index in [1.54, 1.807) is 44.7 Å². The van der Waals surface area contributed by atoms with Crippen LogP contribution in [0, 0.1) is 11.8 Å². The summed E-state index contributed by atoms with van der Waals surface area (Å²) < 4.78 is 30.9. The molecule has 3 aromatic rings. The van der Waals surface area contributed by atoms with E-state index in [9.17, 15) is 23.6 Å². The van der Waals surface area contributed by atoms with E-state index in [1.807, 2.05) is 42.5 Å². The lowest BCUT2D eigenvalue weighted by Crippen LogP contribution is -2.50. The molecule has 1 aliphatic carbocycles. The van der Waals surface area contributed by atoms with Gasteiger partial charge in [0.05, 0.1) is 18.7 Å². The van der Waals surface area contributed by atoms with E-state index in [-0.39, 0.29) is 24.2 Å². The minimum atomic E-state index is -0.983. The number of carbonyl (C=O) groups is 4. The first-order valence-corrected chi connectivity index (χ1v) is 16.3. The Labute approximate surface area is 274 Å². The van der Waals surface area contributed by atoms with Gasteiger partial charge in [-0.2, -0.15) is 0 Å². The number of para-hydroxylation sites is 1. The second-order valence-electron chi connectivity index (χ2n) is 13.4. The zero-order valence-electron chi connectivity index (χ0n) is 27.4. The number of benzene rings is 2. The molecule has 11 heteroatoms. The molecule has 2 aromatic carbocycles. The number of carbonyl (C=O) groups excluding carboxylic acids is 4. The zero-order chi connectivity index (χ0) is 33.9. The largest absolute Gasteiger partial charge is 0.460 e. The SMILES string of the molecule is CCOC(=O)c1oc2ccccc2c1C1C[C@@H](c2ccccc2)[C@@H](C(N)=O)N1C(=O)C1CCC([C@@H](CF)NC(=O)OC(C)(C)C)CC1. The molecule has 1 aromatic heterocycles. The number of furan rings is 1. The summed E-state index contributed by atoms with van der Waals surface area (Å²) in [4.78, 5) is 55.1. The number of likely N-dealkylation sites (tertiary alicyclic amines) is 1. The number of nitrogens with one attached hydrogen (secondary N) is 1. The Morgan fingerprint density at radius 1 is 1.02 bits per heavy atom. The number of nitrogens with zero attached hydrogens (tertiary/aromatic N) is 1. The van der Waals surface area contributed by atoms with E-state index in [0.29, 0.717) is 48.6 Å². The Kier molecular flexibility index (Phi) is 10.2. The number of nitrogens with two attached hydrogens (primary N) is 1. The smallest absolute Gasteiger partial charge is 0.407 e. The number of ether oxygens (including phenoxy) is 2. The maximum Gasteiger partial charge on any atom is 0.407 e. The van der Waals surface area contributed by atoms with Crippen LogP contribution >= 0.6 is 0 Å². The number of halogens is 1. The molecule has 5 rings (SSSR count). The van der Waals surface area contributed by atoms with Crippen LogP contribution < -0.4 is 11.1 Å². The molecule has 1 aliphatic heterocycles. The van der Waals surface area contributed by atoms with Crippen LogP contribution in [0.25, 0.3) is 11.0 Å². The summed E-state index contributed by atoms with van der Waals surface area (Å²) in [5.74, 6) is -2.66. The fourth-order valence-corrected chi connectivity index (χ4v) is 7.24. The number of alkyl halides is 1. The fourth-order valence-electron chi connectivity index (χ4n) is 7.24. The molecule has 1 saturated carbocycles. The maximum atomic E-state index is 14.6. The summed E-state index contributed by atoms with van der Waals surface area (Å²) in [5.41, 5.74) is 7.17. The van der Waals surface area contributed by atoms with Crippen LogP contribution in [0.4, 0.5) is 9.18 Å². The maximum absolute atomic E-state index is 14.6. The van der Waals surface area contributed by atoms with Crippen LogP contribution in [0.1, 0.15) is 93.4 Å². The molecule has 47 heavy (non-hydrogen) atoms. The van der Waals surface area contributed by atoms with Gasteiger partial charge in [0.25, 0.3) is 0 Å². The minimum absolute atomic E-state index is 0.00417. The highest BCUT2D eigenvalue weighted by molar-refractivity contribution is 5.98. The second-order valence-corrected chi connectivity index (χ2v) is 13.4. The third kappa shape index (κ3) is 7.29. The van der Waals surface area contributed by atoms with Crippen molar-refractivity contribution < 1.29 is 37.5 Å². The van der Waals surface area contributed by atoms with E-state index in [0.717, 1.165) is 5.56 Å². The van der Waals surface area contributed by atoms with Crippen molar-refractivity contribution in [2.45, 2.75) is 89.4 Å². The van der Waals surface area contributed by atoms with Crippen molar-refractivity contribution in [1.82, 2.24) is 10.2 Å². The molecule has 2 fully saturated rings. The minimum Gasteiger partial charge on any atom is -0.460 e. The van der Waals surface area contributed by atoms with Crippen molar-refractivity contribution >= 4 is 34.8 Å². The topological polar surface area (TPSA) is 141 Å². The van der Waals surface area contributed by atoms with Gasteiger partial charge in [0.2, 0.25) is 17.6 Å². The Morgan fingerprint density at radius 3 is 2.30 bits per heavy atom. The van der Waals surface area contributed by atoms with Crippen molar-refractivity contribution in [1.29, 1.82) is 0 Å². The molecule has 252 valence electrons. The first-order chi connectivity index (χ1) is 22.4. The molecule has 2 aliphatic rings. The Bertz CT molecular complexity index is 1590. The summed E-state index contributed by atoms with van der Waals surface area (Å²) in [6.45, 7) is 6.29. The molecule has 0 radical (unpaired) electrons. The molecule has 3 N–H and O–H groups in total. The molecular formula is C36H44FN3O7. The molecule has 1 unspecified atom stereocenters. The summed E-state index contributed by atoms with van der Waals surface area (Å²) >= 11 is 0. The van der Waals surface area contributed by atoms with Gasteiger partial charge < -0.3 is 29.8 Å². The van der Waals surface area contributed by atoms with Gasteiger partial charge in [-0.25, -0.2) is 14.0 Å². The Hall–Kier alpha value is -4.41. The fraction of sp³-hybridized carbons (Fsp3) is 0.500.